The van der Waals surface area contributed by atoms with E-state index in [0.717, 1.165) is 23.5 Å². The van der Waals surface area contributed by atoms with Gasteiger partial charge in [0.2, 0.25) is 5.91 Å². The number of nitrogens with two attached hydrogens (primary N) is 1. The van der Waals surface area contributed by atoms with Gasteiger partial charge in [0, 0.05) is 23.4 Å². The molecule has 2 aromatic rings. The Kier molecular flexibility index (Phi) is 8.91. The third-order valence-electron chi connectivity index (χ3n) is 4.41. The highest BCUT2D eigenvalue weighted by molar-refractivity contribution is 7.09. The van der Waals surface area contributed by atoms with Gasteiger partial charge in [-0.2, -0.15) is 0 Å². The summed E-state index contributed by atoms with van der Waals surface area (Å²) in [6, 6.07) is 10.6. The molecule has 0 spiro atoms. The van der Waals surface area contributed by atoms with Crippen LogP contribution in [-0.2, 0) is 16.0 Å². The number of carbonyl (C=O) groups excluding carboxylic acids is 2. The lowest BCUT2D eigenvalue weighted by Crippen LogP contribution is -2.33. The number of nitrogens with one attached hydrogen (secondary N) is 1. The third kappa shape index (κ3) is 7.29. The van der Waals surface area contributed by atoms with Crippen molar-refractivity contribution in [3.63, 3.8) is 0 Å². The standard InChI is InChI=1S/C22H28N2O3S/c1-3-5-16(14-21(25)20(23)15-19-6-4-13-28-19)7-12-22(26)24-17-8-10-18(27-2)11-9-17/h4,6-13,16,20H,3,5,14-15,23H2,1-2H3,(H,24,26)/b12-7+/t16-,20-/m0/s1. The fraction of sp³-hybridized carbons (Fsp3) is 0.364. The molecule has 1 heterocycles. The molecule has 150 valence electrons. The lowest BCUT2D eigenvalue weighted by molar-refractivity contribution is -0.121. The maximum absolute atomic E-state index is 12.5. The summed E-state index contributed by atoms with van der Waals surface area (Å²) < 4.78 is 5.10. The zero-order valence-electron chi connectivity index (χ0n) is 16.4. The van der Waals surface area contributed by atoms with Crippen LogP contribution >= 0.6 is 11.3 Å². The molecular weight excluding hydrogens is 372 g/mol. The van der Waals surface area contributed by atoms with Crippen molar-refractivity contribution in [1.82, 2.24) is 0 Å². The molecule has 0 saturated carbocycles. The van der Waals surface area contributed by atoms with Gasteiger partial charge in [-0.25, -0.2) is 0 Å². The molecule has 2 rings (SSSR count). The fourth-order valence-corrected chi connectivity index (χ4v) is 3.65. The molecule has 5 nitrogen and oxygen atoms in total. The second kappa shape index (κ2) is 11.4. The Balaban J connectivity index is 1.88. The van der Waals surface area contributed by atoms with E-state index in [1.54, 1.807) is 42.7 Å². The summed E-state index contributed by atoms with van der Waals surface area (Å²) in [5, 5.41) is 4.79. The van der Waals surface area contributed by atoms with Gasteiger partial charge in [-0.3, -0.25) is 9.59 Å². The number of ether oxygens (including phenoxy) is 1. The average molecular weight is 401 g/mol. The second-order valence-corrected chi connectivity index (χ2v) is 7.72. The molecule has 0 saturated heterocycles. The van der Waals surface area contributed by atoms with Crippen molar-refractivity contribution in [2.24, 2.45) is 11.7 Å². The summed E-state index contributed by atoms with van der Waals surface area (Å²) in [5.41, 5.74) is 6.77. The molecule has 1 aromatic heterocycles. The smallest absolute Gasteiger partial charge is 0.248 e. The number of methoxy groups -OCH3 is 1. The van der Waals surface area contributed by atoms with Crippen molar-refractivity contribution in [1.29, 1.82) is 0 Å². The van der Waals surface area contributed by atoms with Gasteiger partial charge in [0.1, 0.15) is 11.5 Å². The zero-order chi connectivity index (χ0) is 20.4. The number of amides is 1. The van der Waals surface area contributed by atoms with Crippen molar-refractivity contribution in [2.75, 3.05) is 12.4 Å². The minimum atomic E-state index is -0.500. The van der Waals surface area contributed by atoms with Crippen molar-refractivity contribution in [2.45, 2.75) is 38.6 Å². The first-order chi connectivity index (χ1) is 13.5. The van der Waals surface area contributed by atoms with Crippen LogP contribution in [0, 0.1) is 5.92 Å². The maximum atomic E-state index is 12.5. The van der Waals surface area contributed by atoms with E-state index in [0.29, 0.717) is 18.5 Å². The summed E-state index contributed by atoms with van der Waals surface area (Å²) in [6.07, 6.45) is 6.01. The number of thiophene rings is 1. The Bertz CT molecular complexity index is 770. The molecule has 2 atom stereocenters. The summed E-state index contributed by atoms with van der Waals surface area (Å²) in [6.45, 7) is 2.06. The van der Waals surface area contributed by atoms with Gasteiger partial charge in [0.05, 0.1) is 13.2 Å². The van der Waals surface area contributed by atoms with Crippen molar-refractivity contribution >= 4 is 28.7 Å². The lowest BCUT2D eigenvalue weighted by atomic mass is 9.93. The van der Waals surface area contributed by atoms with E-state index in [1.807, 2.05) is 23.6 Å². The molecule has 0 fully saturated rings. The van der Waals surface area contributed by atoms with Gasteiger partial charge in [-0.15, -0.1) is 11.3 Å². The van der Waals surface area contributed by atoms with E-state index in [1.165, 1.54) is 6.08 Å². The van der Waals surface area contributed by atoms with Crippen LogP contribution in [0.4, 0.5) is 5.69 Å². The molecule has 0 radical (unpaired) electrons. The number of benzene rings is 1. The van der Waals surface area contributed by atoms with Crippen LogP contribution in [0.5, 0.6) is 5.75 Å². The minimum Gasteiger partial charge on any atom is -0.497 e. The first kappa shape index (κ1) is 21.9. The van der Waals surface area contributed by atoms with Gasteiger partial charge < -0.3 is 15.8 Å². The topological polar surface area (TPSA) is 81.4 Å². The number of ketones is 1. The number of anilines is 1. The Labute approximate surface area is 170 Å². The molecule has 0 aliphatic carbocycles. The number of hydrogen-bond donors (Lipinski definition) is 2. The maximum Gasteiger partial charge on any atom is 0.248 e. The van der Waals surface area contributed by atoms with Crippen LogP contribution in [-0.4, -0.2) is 24.8 Å². The van der Waals surface area contributed by atoms with E-state index >= 15 is 0 Å². The quantitative estimate of drug-likeness (QED) is 0.554. The summed E-state index contributed by atoms with van der Waals surface area (Å²) in [5.74, 6) is 0.552. The third-order valence-corrected chi connectivity index (χ3v) is 5.31. The largest absolute Gasteiger partial charge is 0.497 e. The first-order valence-corrected chi connectivity index (χ1v) is 10.3. The Morgan fingerprint density at radius 2 is 2.00 bits per heavy atom. The summed E-state index contributed by atoms with van der Waals surface area (Å²) in [4.78, 5) is 25.8. The van der Waals surface area contributed by atoms with E-state index in [9.17, 15) is 9.59 Å². The second-order valence-electron chi connectivity index (χ2n) is 6.69. The molecule has 0 aliphatic heterocycles. The predicted octanol–water partition coefficient (Wildman–Crippen LogP) is 4.20. The van der Waals surface area contributed by atoms with Crippen LogP contribution in [0.25, 0.3) is 0 Å². The Morgan fingerprint density at radius 3 is 2.61 bits per heavy atom. The van der Waals surface area contributed by atoms with Gasteiger partial charge in [0.15, 0.2) is 0 Å². The van der Waals surface area contributed by atoms with Crippen molar-refractivity contribution < 1.29 is 14.3 Å². The fourth-order valence-electron chi connectivity index (χ4n) is 2.89. The molecule has 3 N–H and O–H groups in total. The van der Waals surface area contributed by atoms with Gasteiger partial charge in [0.25, 0.3) is 0 Å². The predicted molar refractivity (Wildman–Crippen MR) is 115 cm³/mol. The summed E-state index contributed by atoms with van der Waals surface area (Å²) in [7, 11) is 1.60. The molecule has 1 aromatic carbocycles. The van der Waals surface area contributed by atoms with E-state index in [2.05, 4.69) is 12.2 Å². The van der Waals surface area contributed by atoms with Gasteiger partial charge in [-0.1, -0.05) is 25.5 Å². The Morgan fingerprint density at radius 1 is 1.25 bits per heavy atom. The van der Waals surface area contributed by atoms with Crippen molar-refractivity contribution in [3.8, 4) is 5.75 Å². The van der Waals surface area contributed by atoms with Crippen LogP contribution in [0.2, 0.25) is 0 Å². The highest BCUT2D eigenvalue weighted by atomic mass is 32.1. The van der Waals surface area contributed by atoms with Crippen LogP contribution in [0.15, 0.2) is 53.9 Å². The number of Topliss-reactive ketones (excluding diaryl/α,β-unsaturated/α-hetero) is 1. The Hall–Kier alpha value is -2.44. The summed E-state index contributed by atoms with van der Waals surface area (Å²) >= 11 is 1.61. The average Bonchev–Trinajstić information content (AvgIpc) is 3.20. The molecule has 1 amide bonds. The molecule has 0 bridgehead atoms. The minimum absolute atomic E-state index is 0.00787. The first-order valence-electron chi connectivity index (χ1n) is 9.45. The molecule has 28 heavy (non-hydrogen) atoms. The van der Waals surface area contributed by atoms with Gasteiger partial charge >= 0.3 is 0 Å². The molecular formula is C22H28N2O3S. The number of hydrogen-bond acceptors (Lipinski definition) is 5. The molecule has 0 unspecified atom stereocenters. The van der Waals surface area contributed by atoms with Crippen LogP contribution < -0.4 is 15.8 Å². The monoisotopic (exact) mass is 400 g/mol. The highest BCUT2D eigenvalue weighted by Gasteiger charge is 2.18. The number of rotatable bonds is 11. The highest BCUT2D eigenvalue weighted by Crippen LogP contribution is 2.18. The van der Waals surface area contributed by atoms with Gasteiger partial charge in [-0.05, 0) is 54.1 Å². The number of carbonyl (C=O) groups is 2. The number of allylic oxidation sites excluding steroid dienone is 1. The molecule has 0 aliphatic rings. The van der Waals surface area contributed by atoms with E-state index in [-0.39, 0.29) is 17.6 Å². The van der Waals surface area contributed by atoms with Crippen LogP contribution in [0.1, 0.15) is 31.1 Å². The normalized spacial score (nSPS) is 13.2. The SMILES string of the molecule is CCC[C@@H](/C=C/C(=O)Nc1ccc(OC)cc1)CC(=O)[C@@H](N)Cc1cccs1. The molecule has 6 heteroatoms. The van der Waals surface area contributed by atoms with Crippen molar-refractivity contribution in [3.05, 3.63) is 58.8 Å². The van der Waals surface area contributed by atoms with E-state index in [4.69, 9.17) is 10.5 Å². The zero-order valence-corrected chi connectivity index (χ0v) is 17.2. The lowest BCUT2D eigenvalue weighted by Gasteiger charge is -2.15. The van der Waals surface area contributed by atoms with E-state index < -0.39 is 6.04 Å². The van der Waals surface area contributed by atoms with Crippen LogP contribution in [0.3, 0.4) is 0 Å².